The van der Waals surface area contributed by atoms with Gasteiger partial charge < -0.3 is 13.4 Å². The van der Waals surface area contributed by atoms with Crippen LogP contribution < -0.4 is 0 Å². The summed E-state index contributed by atoms with van der Waals surface area (Å²) in [7, 11) is 0. The molecule has 0 saturated carbocycles. The molecule has 12 rings (SSSR count). The highest BCUT2D eigenvalue weighted by Gasteiger charge is 2.21. The van der Waals surface area contributed by atoms with Crippen molar-refractivity contribution in [1.82, 2.24) is 9.55 Å². The molecule has 0 aliphatic rings. The fourth-order valence-electron chi connectivity index (χ4n) is 8.40. The molecule has 5 heteroatoms. The second-order valence-corrected chi connectivity index (χ2v) is 14.9. The normalized spacial score (nSPS) is 12.1. The maximum atomic E-state index is 6.52. The van der Waals surface area contributed by atoms with Crippen LogP contribution in [-0.4, -0.2) is 9.55 Å². The molecule has 0 radical (unpaired) electrons. The summed E-state index contributed by atoms with van der Waals surface area (Å²) in [5, 5.41) is 7.82. The van der Waals surface area contributed by atoms with Crippen molar-refractivity contribution in [2.75, 3.05) is 0 Å². The van der Waals surface area contributed by atoms with Crippen molar-refractivity contribution in [2.45, 2.75) is 0 Å². The van der Waals surface area contributed by atoms with E-state index in [0.717, 1.165) is 110 Å². The van der Waals surface area contributed by atoms with Crippen molar-refractivity contribution < 1.29 is 8.83 Å². The molecule has 0 spiro atoms. The second kappa shape index (κ2) is 11.3. The van der Waals surface area contributed by atoms with Gasteiger partial charge in [0.05, 0.1) is 26.9 Å². The van der Waals surface area contributed by atoms with E-state index in [2.05, 4.69) is 150 Å². The number of rotatable bonds is 4. The third-order valence-corrected chi connectivity index (χ3v) is 11.9. The summed E-state index contributed by atoms with van der Waals surface area (Å²) in [6, 6.07) is 60.1. The molecular weight excluding hydrogens is 681 g/mol. The van der Waals surface area contributed by atoms with Gasteiger partial charge in [-0.15, -0.1) is 11.3 Å². The summed E-state index contributed by atoms with van der Waals surface area (Å²) in [6.45, 7) is 0. The average molecular weight is 709 g/mol. The molecule has 0 fully saturated rings. The van der Waals surface area contributed by atoms with E-state index >= 15 is 0 Å². The van der Waals surface area contributed by atoms with Crippen LogP contribution in [0.2, 0.25) is 0 Å². The third kappa shape index (κ3) is 4.27. The van der Waals surface area contributed by atoms with Crippen molar-refractivity contribution in [3.8, 4) is 38.5 Å². The molecule has 0 bridgehead atoms. The Hall–Kier alpha value is -6.95. The first-order valence-electron chi connectivity index (χ1n) is 18.1. The van der Waals surface area contributed by atoms with Gasteiger partial charge in [0.2, 0.25) is 0 Å². The number of hydrogen-bond donors (Lipinski definition) is 0. The number of thiazole rings is 1. The summed E-state index contributed by atoms with van der Waals surface area (Å²) >= 11 is 1.73. The number of benzene rings is 8. The molecule has 0 unspecified atom stereocenters. The Balaban J connectivity index is 1.14. The van der Waals surface area contributed by atoms with E-state index in [1.54, 1.807) is 11.3 Å². The van der Waals surface area contributed by atoms with E-state index < -0.39 is 0 Å². The standard InChI is InChI=1S/C49H28N2O2S/c1-5-19-41(37(13-1)49-50-40-18-4-8-22-46(40)54-49)51-42-25-23-29(31-14-9-16-35-33-11-2-6-20-44(33)52-47(31)35)27-38(42)39-28-30(24-26-43(39)51)32-15-10-17-36-34-12-3-7-21-45(34)53-48(32)36/h1-28H. The highest BCUT2D eigenvalue weighted by molar-refractivity contribution is 7.21. The smallest absolute Gasteiger partial charge is 0.143 e. The van der Waals surface area contributed by atoms with E-state index in [4.69, 9.17) is 13.8 Å². The lowest BCUT2D eigenvalue weighted by Gasteiger charge is -2.13. The fourth-order valence-corrected chi connectivity index (χ4v) is 9.40. The minimum Gasteiger partial charge on any atom is -0.455 e. The number of furan rings is 2. The topological polar surface area (TPSA) is 44.1 Å². The molecule has 0 saturated heterocycles. The van der Waals surface area contributed by atoms with Gasteiger partial charge >= 0.3 is 0 Å². The highest BCUT2D eigenvalue weighted by Crippen LogP contribution is 2.44. The SMILES string of the molecule is c1ccc(-n2c3ccc(-c4cccc5c4oc4ccccc45)cc3c3cc(-c4cccc5c4oc4ccccc45)ccc32)c(-c2nc3ccccc3s2)c1. The molecule has 8 aromatic carbocycles. The minimum absolute atomic E-state index is 0.897. The van der Waals surface area contributed by atoms with Gasteiger partial charge in [-0.2, -0.15) is 0 Å². The summed E-state index contributed by atoms with van der Waals surface area (Å²) in [6.07, 6.45) is 0. The Morgan fingerprint density at radius 2 is 0.944 bits per heavy atom. The first-order valence-corrected chi connectivity index (χ1v) is 18.9. The molecule has 4 aromatic heterocycles. The highest BCUT2D eigenvalue weighted by atomic mass is 32.1. The molecule has 12 aromatic rings. The summed E-state index contributed by atoms with van der Waals surface area (Å²) in [4.78, 5) is 5.10. The van der Waals surface area contributed by atoms with Gasteiger partial charge in [0.25, 0.3) is 0 Å². The number of hydrogen-bond acceptors (Lipinski definition) is 4. The summed E-state index contributed by atoms with van der Waals surface area (Å²) in [5.74, 6) is 0. The quantitative estimate of drug-likeness (QED) is 0.183. The Morgan fingerprint density at radius 3 is 1.57 bits per heavy atom. The molecule has 0 amide bonds. The largest absolute Gasteiger partial charge is 0.455 e. The van der Waals surface area contributed by atoms with Gasteiger partial charge in [-0.3, -0.25) is 0 Å². The maximum Gasteiger partial charge on any atom is 0.143 e. The van der Waals surface area contributed by atoms with Crippen molar-refractivity contribution in [3.05, 3.63) is 170 Å². The molecule has 4 heterocycles. The number of nitrogens with zero attached hydrogens (tertiary/aromatic N) is 2. The average Bonchev–Trinajstić information content (AvgIpc) is 4.00. The fraction of sp³-hybridized carbons (Fsp3) is 0. The Labute approximate surface area is 312 Å². The first-order chi connectivity index (χ1) is 26.8. The monoisotopic (exact) mass is 708 g/mol. The summed E-state index contributed by atoms with van der Waals surface area (Å²) < 4.78 is 16.6. The predicted octanol–water partition coefficient (Wildman–Crippen LogP) is 14.2. The van der Waals surface area contributed by atoms with Crippen molar-refractivity contribution in [3.63, 3.8) is 0 Å². The van der Waals surface area contributed by atoms with E-state index in [1.165, 1.54) is 4.70 Å². The van der Waals surface area contributed by atoms with Crippen molar-refractivity contribution in [1.29, 1.82) is 0 Å². The maximum absolute atomic E-state index is 6.52. The Morgan fingerprint density at radius 1 is 0.426 bits per heavy atom. The van der Waals surface area contributed by atoms with Crippen LogP contribution in [0.15, 0.2) is 179 Å². The zero-order chi connectivity index (χ0) is 35.3. The molecule has 0 atom stereocenters. The first kappa shape index (κ1) is 29.6. The number of para-hydroxylation sites is 6. The van der Waals surface area contributed by atoms with Gasteiger partial charge in [0, 0.05) is 49.0 Å². The van der Waals surface area contributed by atoms with Crippen LogP contribution in [0.25, 0.3) is 114 Å². The number of aromatic nitrogens is 2. The third-order valence-electron chi connectivity index (χ3n) is 10.9. The van der Waals surface area contributed by atoms with Gasteiger partial charge in [-0.05, 0) is 71.8 Å². The van der Waals surface area contributed by atoms with Crippen LogP contribution in [0.3, 0.4) is 0 Å². The van der Waals surface area contributed by atoms with Gasteiger partial charge in [-0.25, -0.2) is 4.98 Å². The van der Waals surface area contributed by atoms with E-state index in [1.807, 2.05) is 24.3 Å². The van der Waals surface area contributed by atoms with Crippen molar-refractivity contribution >= 4 is 87.2 Å². The van der Waals surface area contributed by atoms with Gasteiger partial charge in [-0.1, -0.05) is 109 Å². The zero-order valence-electron chi connectivity index (χ0n) is 28.8. The Kier molecular flexibility index (Phi) is 6.18. The number of fused-ring (bicyclic) bond motifs is 10. The van der Waals surface area contributed by atoms with E-state index in [9.17, 15) is 0 Å². The van der Waals surface area contributed by atoms with Gasteiger partial charge in [0.1, 0.15) is 27.3 Å². The molecule has 0 aliphatic heterocycles. The van der Waals surface area contributed by atoms with Crippen LogP contribution in [0.4, 0.5) is 0 Å². The minimum atomic E-state index is 0.897. The molecule has 4 nitrogen and oxygen atoms in total. The predicted molar refractivity (Wildman–Crippen MR) is 225 cm³/mol. The molecule has 0 aliphatic carbocycles. The van der Waals surface area contributed by atoms with Crippen molar-refractivity contribution in [2.24, 2.45) is 0 Å². The Bertz CT molecular complexity index is 3260. The van der Waals surface area contributed by atoms with Crippen LogP contribution in [0.5, 0.6) is 0 Å². The van der Waals surface area contributed by atoms with Crippen LogP contribution in [0, 0.1) is 0 Å². The lowest BCUT2D eigenvalue weighted by molar-refractivity contribution is 0.669. The van der Waals surface area contributed by atoms with Crippen LogP contribution in [-0.2, 0) is 0 Å². The van der Waals surface area contributed by atoms with Crippen LogP contribution in [0.1, 0.15) is 0 Å². The molecular formula is C49H28N2O2S. The lowest BCUT2D eigenvalue weighted by atomic mass is 9.98. The molecule has 252 valence electrons. The lowest BCUT2D eigenvalue weighted by Crippen LogP contribution is -1.97. The van der Waals surface area contributed by atoms with Crippen LogP contribution >= 0.6 is 11.3 Å². The molecule has 54 heavy (non-hydrogen) atoms. The molecule has 0 N–H and O–H groups in total. The zero-order valence-corrected chi connectivity index (χ0v) is 29.6. The van der Waals surface area contributed by atoms with Gasteiger partial charge in [0.15, 0.2) is 0 Å². The van der Waals surface area contributed by atoms with E-state index in [0.29, 0.717) is 0 Å². The second-order valence-electron chi connectivity index (χ2n) is 13.9. The van der Waals surface area contributed by atoms with E-state index in [-0.39, 0.29) is 0 Å². The summed E-state index contributed by atoms with van der Waals surface area (Å²) in [5.41, 5.74) is 13.4.